The number of likely N-dealkylation sites (tertiary alicyclic amines) is 1. The number of carbonyl (C=O) groups is 1. The molecule has 1 spiro atoms. The van der Waals surface area contributed by atoms with E-state index in [0.29, 0.717) is 10.2 Å². The lowest BCUT2D eigenvalue weighted by atomic mass is 9.91. The topological polar surface area (TPSA) is 29.5 Å². The number of nitrogens with zero attached hydrogens (tertiary/aromatic N) is 1. The Labute approximate surface area is 121 Å². The molecule has 19 heavy (non-hydrogen) atoms. The summed E-state index contributed by atoms with van der Waals surface area (Å²) in [5, 5.41) is 0. The lowest BCUT2D eigenvalue weighted by Gasteiger charge is -2.33. The summed E-state index contributed by atoms with van der Waals surface area (Å²) < 4.78 is 5.24. The van der Waals surface area contributed by atoms with Gasteiger partial charge in [0, 0.05) is 17.0 Å². The summed E-state index contributed by atoms with van der Waals surface area (Å²) >= 11 is 2.04. The standard InChI is InChI=1S/C15H27NO2S/c1-14(2,3)19-10-9-16-7-5-15(6-8-16)11-12(15)13(17)18-4/h12H,5-11H2,1-4H3/t12-/m0/s1. The van der Waals surface area contributed by atoms with Crippen molar-refractivity contribution in [1.29, 1.82) is 0 Å². The number of piperidine rings is 1. The van der Waals surface area contributed by atoms with E-state index in [9.17, 15) is 4.79 Å². The molecule has 0 unspecified atom stereocenters. The highest BCUT2D eigenvalue weighted by Gasteiger charge is 2.59. The lowest BCUT2D eigenvalue weighted by molar-refractivity contribution is -0.143. The van der Waals surface area contributed by atoms with Crippen LogP contribution in [0.25, 0.3) is 0 Å². The van der Waals surface area contributed by atoms with E-state index in [4.69, 9.17) is 4.74 Å². The summed E-state index contributed by atoms with van der Waals surface area (Å²) in [6.07, 6.45) is 3.41. The maximum Gasteiger partial charge on any atom is 0.309 e. The van der Waals surface area contributed by atoms with Crippen molar-refractivity contribution in [2.24, 2.45) is 11.3 Å². The molecule has 1 aliphatic carbocycles. The van der Waals surface area contributed by atoms with Gasteiger partial charge in [0.2, 0.25) is 0 Å². The highest BCUT2D eigenvalue weighted by atomic mass is 32.2. The molecule has 1 aliphatic heterocycles. The van der Waals surface area contributed by atoms with Gasteiger partial charge >= 0.3 is 5.97 Å². The molecule has 0 aromatic carbocycles. The van der Waals surface area contributed by atoms with E-state index in [1.54, 1.807) is 0 Å². The number of hydrogen-bond acceptors (Lipinski definition) is 4. The Morgan fingerprint density at radius 3 is 2.53 bits per heavy atom. The number of rotatable bonds is 4. The van der Waals surface area contributed by atoms with Crippen LogP contribution >= 0.6 is 11.8 Å². The number of carbonyl (C=O) groups excluding carboxylic acids is 1. The maximum atomic E-state index is 11.6. The van der Waals surface area contributed by atoms with E-state index in [2.05, 4.69) is 25.7 Å². The molecular formula is C15H27NO2S. The molecule has 1 saturated carbocycles. The molecule has 0 radical (unpaired) electrons. The van der Waals surface area contributed by atoms with Crippen molar-refractivity contribution < 1.29 is 9.53 Å². The van der Waals surface area contributed by atoms with Gasteiger partial charge in [-0.05, 0) is 37.8 Å². The minimum absolute atomic E-state index is 0.0109. The van der Waals surface area contributed by atoms with E-state index < -0.39 is 0 Å². The Bertz CT molecular complexity index is 330. The fourth-order valence-corrected chi connectivity index (χ4v) is 4.04. The zero-order valence-electron chi connectivity index (χ0n) is 12.7. The third kappa shape index (κ3) is 3.88. The monoisotopic (exact) mass is 285 g/mol. The SMILES string of the molecule is COC(=O)[C@@H]1CC12CCN(CCSC(C)(C)C)CC2. The van der Waals surface area contributed by atoms with Crippen LogP contribution in [0.4, 0.5) is 0 Å². The first-order chi connectivity index (χ1) is 8.86. The van der Waals surface area contributed by atoms with Crippen molar-refractivity contribution >= 4 is 17.7 Å². The highest BCUT2D eigenvalue weighted by Crippen LogP contribution is 2.59. The Kier molecular flexibility index (Phi) is 4.51. The van der Waals surface area contributed by atoms with E-state index in [0.717, 1.165) is 19.5 Å². The number of methoxy groups -OCH3 is 1. The van der Waals surface area contributed by atoms with Gasteiger partial charge in [-0.3, -0.25) is 4.79 Å². The van der Waals surface area contributed by atoms with Crippen LogP contribution in [0.15, 0.2) is 0 Å². The number of ether oxygens (including phenoxy) is 1. The number of hydrogen-bond donors (Lipinski definition) is 0. The number of esters is 1. The summed E-state index contributed by atoms with van der Waals surface area (Å²) in [5.74, 6) is 1.41. The van der Waals surface area contributed by atoms with Crippen molar-refractivity contribution in [3.05, 3.63) is 0 Å². The minimum atomic E-state index is 0.0109. The van der Waals surface area contributed by atoms with E-state index >= 15 is 0 Å². The van der Waals surface area contributed by atoms with Gasteiger partial charge in [0.25, 0.3) is 0 Å². The van der Waals surface area contributed by atoms with Crippen LogP contribution in [-0.4, -0.2) is 48.1 Å². The van der Waals surface area contributed by atoms with Crippen molar-refractivity contribution in [1.82, 2.24) is 4.90 Å². The fraction of sp³-hybridized carbons (Fsp3) is 0.933. The summed E-state index contributed by atoms with van der Waals surface area (Å²) in [6.45, 7) is 10.3. The van der Waals surface area contributed by atoms with E-state index in [1.165, 1.54) is 32.2 Å². The molecule has 2 fully saturated rings. The molecule has 1 heterocycles. The second-order valence-electron chi connectivity index (χ2n) is 6.94. The van der Waals surface area contributed by atoms with Crippen molar-refractivity contribution in [2.75, 3.05) is 32.5 Å². The normalized spacial score (nSPS) is 26.4. The second-order valence-corrected chi connectivity index (χ2v) is 8.87. The van der Waals surface area contributed by atoms with Crippen molar-refractivity contribution in [2.45, 2.75) is 44.8 Å². The van der Waals surface area contributed by atoms with Crippen LogP contribution in [0.3, 0.4) is 0 Å². The van der Waals surface area contributed by atoms with Gasteiger partial charge in [-0.15, -0.1) is 0 Å². The average Bonchev–Trinajstić information content (AvgIpc) is 3.04. The molecule has 0 amide bonds. The highest BCUT2D eigenvalue weighted by molar-refractivity contribution is 8.00. The van der Waals surface area contributed by atoms with Gasteiger partial charge in [0.15, 0.2) is 0 Å². The largest absolute Gasteiger partial charge is 0.469 e. The molecular weight excluding hydrogens is 258 g/mol. The van der Waals surface area contributed by atoms with E-state index in [1.807, 2.05) is 11.8 Å². The number of thioether (sulfide) groups is 1. The van der Waals surface area contributed by atoms with Gasteiger partial charge in [0.1, 0.15) is 0 Å². The van der Waals surface area contributed by atoms with Crippen LogP contribution in [0, 0.1) is 11.3 Å². The van der Waals surface area contributed by atoms with Crippen LogP contribution in [0.1, 0.15) is 40.0 Å². The molecule has 1 saturated heterocycles. The smallest absolute Gasteiger partial charge is 0.309 e. The van der Waals surface area contributed by atoms with Gasteiger partial charge in [0.05, 0.1) is 13.0 Å². The quantitative estimate of drug-likeness (QED) is 0.743. The van der Waals surface area contributed by atoms with Crippen molar-refractivity contribution in [3.8, 4) is 0 Å². The first kappa shape index (κ1) is 15.2. The predicted molar refractivity (Wildman–Crippen MR) is 80.4 cm³/mol. The molecule has 1 atom stereocenters. The van der Waals surface area contributed by atoms with E-state index in [-0.39, 0.29) is 11.9 Å². The molecule has 0 bridgehead atoms. The molecule has 0 N–H and O–H groups in total. The first-order valence-electron chi connectivity index (χ1n) is 7.30. The Hall–Kier alpha value is -0.220. The minimum Gasteiger partial charge on any atom is -0.469 e. The average molecular weight is 285 g/mol. The van der Waals surface area contributed by atoms with Gasteiger partial charge in [-0.25, -0.2) is 0 Å². The predicted octanol–water partition coefficient (Wildman–Crippen LogP) is 2.79. The van der Waals surface area contributed by atoms with Crippen LogP contribution in [0.2, 0.25) is 0 Å². The zero-order valence-corrected chi connectivity index (χ0v) is 13.5. The summed E-state index contributed by atoms with van der Waals surface area (Å²) in [7, 11) is 1.51. The second kappa shape index (κ2) is 5.65. The van der Waals surface area contributed by atoms with Crippen molar-refractivity contribution in [3.63, 3.8) is 0 Å². The molecule has 2 aliphatic rings. The van der Waals surface area contributed by atoms with Gasteiger partial charge in [-0.1, -0.05) is 20.8 Å². The third-order valence-corrected chi connectivity index (χ3v) is 5.72. The zero-order chi connectivity index (χ0) is 14.1. The fourth-order valence-electron chi connectivity index (χ4n) is 3.08. The maximum absolute atomic E-state index is 11.6. The Morgan fingerprint density at radius 1 is 1.37 bits per heavy atom. The molecule has 110 valence electrons. The molecule has 3 nitrogen and oxygen atoms in total. The van der Waals surface area contributed by atoms with Gasteiger partial charge < -0.3 is 9.64 Å². The third-order valence-electron chi connectivity index (χ3n) is 4.47. The molecule has 4 heteroatoms. The summed E-state index contributed by atoms with van der Waals surface area (Å²) in [4.78, 5) is 14.1. The Morgan fingerprint density at radius 2 is 2.00 bits per heavy atom. The first-order valence-corrected chi connectivity index (χ1v) is 8.29. The lowest BCUT2D eigenvalue weighted by Crippen LogP contribution is -2.37. The van der Waals surface area contributed by atoms with Crippen LogP contribution < -0.4 is 0 Å². The van der Waals surface area contributed by atoms with Crippen LogP contribution in [0.5, 0.6) is 0 Å². The van der Waals surface area contributed by atoms with Crippen LogP contribution in [-0.2, 0) is 9.53 Å². The van der Waals surface area contributed by atoms with Gasteiger partial charge in [-0.2, -0.15) is 11.8 Å². The molecule has 2 rings (SSSR count). The summed E-state index contributed by atoms with van der Waals surface area (Å²) in [5.41, 5.74) is 0.306. The molecule has 0 aromatic rings. The molecule has 0 aromatic heterocycles. The summed E-state index contributed by atoms with van der Waals surface area (Å²) in [6, 6.07) is 0. The Balaban J connectivity index is 1.68.